The number of esters is 1. The van der Waals surface area contributed by atoms with Gasteiger partial charge in [-0.05, 0) is 56.9 Å². The minimum Gasteiger partial charge on any atom is -0.466 e. The number of halogens is 1. The Morgan fingerprint density at radius 2 is 1.78 bits per heavy atom. The van der Waals surface area contributed by atoms with Crippen LogP contribution in [0.2, 0.25) is 5.02 Å². The molecular weight excluding hydrogens is 362 g/mol. The zero-order chi connectivity index (χ0) is 19.7. The highest BCUT2D eigenvalue weighted by atomic mass is 35.5. The lowest BCUT2D eigenvalue weighted by Crippen LogP contribution is -2.50. The first kappa shape index (κ1) is 21.7. The standard InChI is InChI=1S/C22H32ClNO3/c1-3-5-14-22(15-6-7-16-22)24(17-8-9-20(25)27-4-2)21(26)18-10-12-19(23)13-11-18/h10-13H,3-9,14-17H2,1-2H3. The molecule has 0 aromatic heterocycles. The van der Waals surface area contributed by atoms with E-state index in [0.29, 0.717) is 36.6 Å². The summed E-state index contributed by atoms with van der Waals surface area (Å²) in [5.74, 6) is -0.140. The third kappa shape index (κ3) is 5.97. The van der Waals surface area contributed by atoms with Crippen molar-refractivity contribution < 1.29 is 14.3 Å². The van der Waals surface area contributed by atoms with Crippen molar-refractivity contribution >= 4 is 23.5 Å². The molecule has 1 aliphatic rings. The van der Waals surface area contributed by atoms with Gasteiger partial charge in [0.25, 0.3) is 5.91 Å². The minimum atomic E-state index is -0.189. The van der Waals surface area contributed by atoms with Crippen LogP contribution in [0.5, 0.6) is 0 Å². The van der Waals surface area contributed by atoms with Crippen molar-refractivity contribution in [2.45, 2.75) is 77.2 Å². The number of hydrogen-bond donors (Lipinski definition) is 0. The van der Waals surface area contributed by atoms with Crippen LogP contribution in [-0.2, 0) is 9.53 Å². The molecule has 1 aromatic carbocycles. The van der Waals surface area contributed by atoms with Crippen molar-refractivity contribution in [3.8, 4) is 0 Å². The summed E-state index contributed by atoms with van der Waals surface area (Å²) in [5, 5.41) is 0.627. The lowest BCUT2D eigenvalue weighted by atomic mass is 9.87. The summed E-state index contributed by atoms with van der Waals surface area (Å²) in [5.41, 5.74) is 0.583. The van der Waals surface area contributed by atoms with E-state index < -0.39 is 0 Å². The normalized spacial score (nSPS) is 15.5. The molecule has 27 heavy (non-hydrogen) atoms. The second-order valence-corrected chi connectivity index (χ2v) is 7.84. The van der Waals surface area contributed by atoms with Crippen molar-refractivity contribution in [1.82, 2.24) is 4.90 Å². The zero-order valence-electron chi connectivity index (χ0n) is 16.6. The summed E-state index contributed by atoms with van der Waals surface area (Å²) in [6.07, 6.45) is 8.65. The van der Waals surface area contributed by atoms with Crippen molar-refractivity contribution in [2.75, 3.05) is 13.2 Å². The highest BCUT2D eigenvalue weighted by Crippen LogP contribution is 2.40. The minimum absolute atomic E-state index is 0.0496. The number of nitrogens with zero attached hydrogens (tertiary/aromatic N) is 1. The predicted octanol–water partition coefficient (Wildman–Crippen LogP) is 5.63. The number of ether oxygens (including phenoxy) is 1. The van der Waals surface area contributed by atoms with Gasteiger partial charge in [-0.25, -0.2) is 0 Å². The molecule has 0 atom stereocenters. The molecule has 1 saturated carbocycles. The SMILES string of the molecule is CCCCC1(N(CCCC(=O)OCC)C(=O)c2ccc(Cl)cc2)CCCC1. The molecule has 4 nitrogen and oxygen atoms in total. The van der Waals surface area contributed by atoms with Crippen LogP contribution < -0.4 is 0 Å². The van der Waals surface area contributed by atoms with Crippen molar-refractivity contribution in [1.29, 1.82) is 0 Å². The van der Waals surface area contributed by atoms with E-state index in [1.807, 2.05) is 6.92 Å². The summed E-state index contributed by atoms with van der Waals surface area (Å²) in [6.45, 7) is 4.98. The Morgan fingerprint density at radius 3 is 2.37 bits per heavy atom. The van der Waals surface area contributed by atoms with Gasteiger partial charge in [0.15, 0.2) is 0 Å². The van der Waals surface area contributed by atoms with E-state index in [9.17, 15) is 9.59 Å². The summed E-state index contributed by atoms with van der Waals surface area (Å²) in [7, 11) is 0. The van der Waals surface area contributed by atoms with Crippen molar-refractivity contribution in [3.63, 3.8) is 0 Å². The Balaban J connectivity index is 2.19. The topological polar surface area (TPSA) is 46.6 Å². The maximum atomic E-state index is 13.4. The van der Waals surface area contributed by atoms with E-state index in [1.54, 1.807) is 24.3 Å². The maximum absolute atomic E-state index is 13.4. The first-order valence-corrected chi connectivity index (χ1v) is 10.6. The van der Waals surface area contributed by atoms with Gasteiger partial charge in [-0.15, -0.1) is 0 Å². The van der Waals surface area contributed by atoms with Gasteiger partial charge in [-0.1, -0.05) is 44.2 Å². The van der Waals surface area contributed by atoms with Crippen LogP contribution in [0.15, 0.2) is 24.3 Å². The Kier molecular flexibility index (Phi) is 8.62. The largest absolute Gasteiger partial charge is 0.466 e. The summed E-state index contributed by atoms with van der Waals surface area (Å²) in [4.78, 5) is 27.2. The van der Waals surface area contributed by atoms with Crippen LogP contribution in [0, 0.1) is 0 Å². The molecule has 0 radical (unpaired) electrons. The molecule has 1 aliphatic carbocycles. The van der Waals surface area contributed by atoms with Gasteiger partial charge in [0, 0.05) is 29.1 Å². The smallest absolute Gasteiger partial charge is 0.305 e. The lowest BCUT2D eigenvalue weighted by molar-refractivity contribution is -0.143. The quantitative estimate of drug-likeness (QED) is 0.484. The van der Waals surface area contributed by atoms with Crippen LogP contribution in [-0.4, -0.2) is 35.5 Å². The number of hydrogen-bond acceptors (Lipinski definition) is 3. The van der Waals surface area contributed by atoms with Gasteiger partial charge < -0.3 is 9.64 Å². The third-order valence-electron chi connectivity index (χ3n) is 5.51. The Labute approximate surface area is 168 Å². The van der Waals surface area contributed by atoms with E-state index in [0.717, 1.165) is 44.9 Å². The van der Waals surface area contributed by atoms with Gasteiger partial charge in [-0.2, -0.15) is 0 Å². The summed E-state index contributed by atoms with van der Waals surface area (Å²) >= 11 is 5.99. The molecule has 1 amide bonds. The molecule has 150 valence electrons. The second kappa shape index (κ2) is 10.7. The van der Waals surface area contributed by atoms with Gasteiger partial charge >= 0.3 is 5.97 Å². The number of unbranched alkanes of at least 4 members (excludes halogenated alkanes) is 1. The Bertz CT molecular complexity index is 608. The molecule has 0 spiro atoms. The highest BCUT2D eigenvalue weighted by Gasteiger charge is 2.41. The molecular formula is C22H32ClNO3. The first-order valence-electron chi connectivity index (χ1n) is 10.3. The average Bonchev–Trinajstić information content (AvgIpc) is 3.13. The number of carbonyl (C=O) groups excluding carboxylic acids is 2. The fraction of sp³-hybridized carbons (Fsp3) is 0.636. The molecule has 0 aliphatic heterocycles. The van der Waals surface area contributed by atoms with Gasteiger partial charge in [0.2, 0.25) is 0 Å². The Morgan fingerprint density at radius 1 is 1.11 bits per heavy atom. The van der Waals surface area contributed by atoms with Crippen LogP contribution in [0.1, 0.15) is 82.0 Å². The third-order valence-corrected chi connectivity index (χ3v) is 5.76. The molecule has 0 N–H and O–H groups in total. The summed E-state index contributed by atoms with van der Waals surface area (Å²) in [6, 6.07) is 7.12. The second-order valence-electron chi connectivity index (χ2n) is 7.41. The number of amides is 1. The Hall–Kier alpha value is -1.55. The van der Waals surface area contributed by atoms with Gasteiger partial charge in [0.05, 0.1) is 6.61 Å². The predicted molar refractivity (Wildman–Crippen MR) is 109 cm³/mol. The molecule has 1 fully saturated rings. The zero-order valence-corrected chi connectivity index (χ0v) is 17.4. The molecule has 0 saturated heterocycles. The van der Waals surface area contributed by atoms with Crippen LogP contribution in [0.25, 0.3) is 0 Å². The molecule has 1 aromatic rings. The van der Waals surface area contributed by atoms with Gasteiger partial charge in [-0.3, -0.25) is 9.59 Å². The number of carbonyl (C=O) groups is 2. The monoisotopic (exact) mass is 393 g/mol. The van der Waals surface area contributed by atoms with E-state index in [4.69, 9.17) is 16.3 Å². The van der Waals surface area contributed by atoms with E-state index in [2.05, 4.69) is 11.8 Å². The lowest BCUT2D eigenvalue weighted by Gasteiger charge is -2.42. The molecule has 0 heterocycles. The van der Waals surface area contributed by atoms with E-state index >= 15 is 0 Å². The number of rotatable bonds is 10. The molecule has 5 heteroatoms. The van der Waals surface area contributed by atoms with Crippen LogP contribution >= 0.6 is 11.6 Å². The van der Waals surface area contributed by atoms with E-state index in [-0.39, 0.29) is 17.4 Å². The maximum Gasteiger partial charge on any atom is 0.305 e. The molecule has 0 bridgehead atoms. The molecule has 0 unspecified atom stereocenters. The fourth-order valence-corrected chi connectivity index (χ4v) is 4.24. The summed E-state index contributed by atoms with van der Waals surface area (Å²) < 4.78 is 5.04. The van der Waals surface area contributed by atoms with Crippen molar-refractivity contribution in [2.24, 2.45) is 0 Å². The highest BCUT2D eigenvalue weighted by molar-refractivity contribution is 6.30. The van der Waals surface area contributed by atoms with Gasteiger partial charge in [0.1, 0.15) is 0 Å². The fourth-order valence-electron chi connectivity index (χ4n) is 4.11. The van der Waals surface area contributed by atoms with E-state index in [1.165, 1.54) is 0 Å². The average molecular weight is 394 g/mol. The van der Waals surface area contributed by atoms with Crippen LogP contribution in [0.4, 0.5) is 0 Å². The van der Waals surface area contributed by atoms with Crippen molar-refractivity contribution in [3.05, 3.63) is 34.9 Å². The number of benzene rings is 1. The van der Waals surface area contributed by atoms with Crippen LogP contribution in [0.3, 0.4) is 0 Å². The molecule has 2 rings (SSSR count). The first-order chi connectivity index (χ1) is 13.0.